The molecule has 1 aliphatic heterocycles. The Morgan fingerprint density at radius 3 is 2.33 bits per heavy atom. The van der Waals surface area contributed by atoms with Gasteiger partial charge in [0.1, 0.15) is 0 Å². The summed E-state index contributed by atoms with van der Waals surface area (Å²) in [5.74, 6) is 1.61. The minimum absolute atomic E-state index is 0.699. The molecule has 1 aromatic carbocycles. The van der Waals surface area contributed by atoms with Gasteiger partial charge in [-0.1, -0.05) is 39.3 Å². The van der Waals surface area contributed by atoms with Gasteiger partial charge in [-0.25, -0.2) is 0 Å². The van der Waals surface area contributed by atoms with Crippen molar-refractivity contribution >= 4 is 5.69 Å². The molecule has 0 spiro atoms. The number of rotatable bonds is 4. The molecule has 0 aromatic heterocycles. The molecule has 1 atom stereocenters. The molecule has 0 N–H and O–H groups in total. The zero-order valence-corrected chi connectivity index (χ0v) is 12.2. The van der Waals surface area contributed by atoms with Gasteiger partial charge in [-0.2, -0.15) is 0 Å². The lowest BCUT2D eigenvalue weighted by Crippen LogP contribution is -2.32. The first-order valence-electron chi connectivity index (χ1n) is 7.55. The predicted molar refractivity (Wildman–Crippen MR) is 80.4 cm³/mol. The van der Waals surface area contributed by atoms with Gasteiger partial charge in [0.15, 0.2) is 0 Å². The third-order valence-electron chi connectivity index (χ3n) is 4.33. The number of benzene rings is 1. The summed E-state index contributed by atoms with van der Waals surface area (Å²) in [6, 6.07) is 9.29. The van der Waals surface area contributed by atoms with Crippen LogP contribution in [0.3, 0.4) is 0 Å². The van der Waals surface area contributed by atoms with Crippen LogP contribution in [0.1, 0.15) is 57.9 Å². The smallest absolute Gasteiger partial charge is 0.0366 e. The standard InChI is InChI=1S/C17H27N/c1-4-5-15(3)16-6-8-17(9-7-16)18-12-10-14(2)11-13-18/h6-9,14-15H,4-5,10-13H2,1-3H3. The summed E-state index contributed by atoms with van der Waals surface area (Å²) in [5.41, 5.74) is 2.90. The lowest BCUT2D eigenvalue weighted by atomic mass is 9.95. The molecule has 1 nitrogen and oxygen atoms in total. The zero-order chi connectivity index (χ0) is 13.0. The average molecular weight is 245 g/mol. The molecule has 18 heavy (non-hydrogen) atoms. The number of nitrogens with zero attached hydrogens (tertiary/aromatic N) is 1. The summed E-state index contributed by atoms with van der Waals surface area (Å²) in [4.78, 5) is 2.54. The van der Waals surface area contributed by atoms with Crippen LogP contribution >= 0.6 is 0 Å². The molecule has 1 heteroatoms. The fourth-order valence-corrected chi connectivity index (χ4v) is 2.88. The van der Waals surface area contributed by atoms with E-state index in [1.807, 2.05) is 0 Å². The number of piperidine rings is 1. The van der Waals surface area contributed by atoms with E-state index in [0.717, 1.165) is 5.92 Å². The van der Waals surface area contributed by atoms with Crippen molar-refractivity contribution in [3.63, 3.8) is 0 Å². The summed E-state index contributed by atoms with van der Waals surface area (Å²) in [7, 11) is 0. The summed E-state index contributed by atoms with van der Waals surface area (Å²) in [6.45, 7) is 9.42. The van der Waals surface area contributed by atoms with Crippen LogP contribution in [-0.4, -0.2) is 13.1 Å². The minimum Gasteiger partial charge on any atom is -0.372 e. The maximum atomic E-state index is 2.54. The van der Waals surface area contributed by atoms with Crippen LogP contribution in [0.25, 0.3) is 0 Å². The summed E-state index contributed by atoms with van der Waals surface area (Å²) in [6.07, 6.45) is 5.25. The highest BCUT2D eigenvalue weighted by Gasteiger charge is 2.16. The molecule has 1 heterocycles. The van der Waals surface area contributed by atoms with Crippen LogP contribution in [-0.2, 0) is 0 Å². The first kappa shape index (κ1) is 13.5. The van der Waals surface area contributed by atoms with E-state index in [9.17, 15) is 0 Å². The van der Waals surface area contributed by atoms with Crippen LogP contribution in [0.4, 0.5) is 5.69 Å². The van der Waals surface area contributed by atoms with Crippen molar-refractivity contribution in [1.29, 1.82) is 0 Å². The van der Waals surface area contributed by atoms with Gasteiger partial charge in [0.05, 0.1) is 0 Å². The molecule has 0 saturated carbocycles. The number of anilines is 1. The summed E-state index contributed by atoms with van der Waals surface area (Å²) < 4.78 is 0. The van der Waals surface area contributed by atoms with Gasteiger partial charge in [0.25, 0.3) is 0 Å². The van der Waals surface area contributed by atoms with E-state index in [2.05, 4.69) is 49.9 Å². The third kappa shape index (κ3) is 3.28. The Kier molecular flexibility index (Phi) is 4.68. The molecule has 1 aliphatic rings. The normalized spacial score (nSPS) is 18.9. The second-order valence-corrected chi connectivity index (χ2v) is 5.95. The lowest BCUT2D eigenvalue weighted by Gasteiger charge is -2.32. The molecule has 0 amide bonds. The van der Waals surface area contributed by atoms with Crippen molar-refractivity contribution in [3.8, 4) is 0 Å². The van der Waals surface area contributed by atoms with Gasteiger partial charge in [-0.05, 0) is 48.8 Å². The van der Waals surface area contributed by atoms with Crippen molar-refractivity contribution in [2.75, 3.05) is 18.0 Å². The monoisotopic (exact) mass is 245 g/mol. The van der Waals surface area contributed by atoms with Gasteiger partial charge < -0.3 is 4.90 Å². The Balaban J connectivity index is 1.99. The quantitative estimate of drug-likeness (QED) is 0.734. The highest BCUT2D eigenvalue weighted by Crippen LogP contribution is 2.26. The molecule has 100 valence electrons. The van der Waals surface area contributed by atoms with Crippen LogP contribution in [0.15, 0.2) is 24.3 Å². The van der Waals surface area contributed by atoms with Gasteiger partial charge in [-0.3, -0.25) is 0 Å². The molecular weight excluding hydrogens is 218 g/mol. The second kappa shape index (κ2) is 6.26. The van der Waals surface area contributed by atoms with Crippen LogP contribution in [0.5, 0.6) is 0 Å². The van der Waals surface area contributed by atoms with Crippen LogP contribution in [0.2, 0.25) is 0 Å². The average Bonchev–Trinajstić information content (AvgIpc) is 2.40. The van der Waals surface area contributed by atoms with Crippen molar-refractivity contribution in [1.82, 2.24) is 0 Å². The van der Waals surface area contributed by atoms with Crippen LogP contribution < -0.4 is 4.90 Å². The Morgan fingerprint density at radius 2 is 1.78 bits per heavy atom. The molecule has 0 bridgehead atoms. The molecular formula is C17H27N. The molecule has 1 saturated heterocycles. The second-order valence-electron chi connectivity index (χ2n) is 5.95. The van der Waals surface area contributed by atoms with Crippen molar-refractivity contribution in [3.05, 3.63) is 29.8 Å². The maximum absolute atomic E-state index is 2.54. The molecule has 0 radical (unpaired) electrons. The molecule has 1 aromatic rings. The predicted octanol–water partition coefficient (Wildman–Crippen LogP) is 4.83. The van der Waals surface area contributed by atoms with E-state index in [0.29, 0.717) is 5.92 Å². The Morgan fingerprint density at radius 1 is 1.17 bits per heavy atom. The van der Waals surface area contributed by atoms with Gasteiger partial charge in [0, 0.05) is 18.8 Å². The van der Waals surface area contributed by atoms with E-state index in [4.69, 9.17) is 0 Å². The van der Waals surface area contributed by atoms with Crippen molar-refractivity contribution in [2.24, 2.45) is 5.92 Å². The van der Waals surface area contributed by atoms with E-state index in [-0.39, 0.29) is 0 Å². The highest BCUT2D eigenvalue weighted by molar-refractivity contribution is 5.48. The minimum atomic E-state index is 0.699. The Hall–Kier alpha value is -0.980. The largest absolute Gasteiger partial charge is 0.372 e. The van der Waals surface area contributed by atoms with E-state index in [1.54, 1.807) is 0 Å². The van der Waals surface area contributed by atoms with E-state index >= 15 is 0 Å². The highest BCUT2D eigenvalue weighted by atomic mass is 15.1. The third-order valence-corrected chi connectivity index (χ3v) is 4.33. The molecule has 1 fully saturated rings. The first-order chi connectivity index (χ1) is 8.70. The summed E-state index contributed by atoms with van der Waals surface area (Å²) in [5, 5.41) is 0. The number of hydrogen-bond donors (Lipinski definition) is 0. The SMILES string of the molecule is CCCC(C)c1ccc(N2CCC(C)CC2)cc1. The maximum Gasteiger partial charge on any atom is 0.0366 e. The zero-order valence-electron chi connectivity index (χ0n) is 12.2. The van der Waals surface area contributed by atoms with Crippen molar-refractivity contribution < 1.29 is 0 Å². The lowest BCUT2D eigenvalue weighted by molar-refractivity contribution is 0.438. The molecule has 1 unspecified atom stereocenters. The van der Waals surface area contributed by atoms with Crippen molar-refractivity contribution in [2.45, 2.75) is 52.4 Å². The molecule has 2 rings (SSSR count). The first-order valence-corrected chi connectivity index (χ1v) is 7.55. The van der Waals surface area contributed by atoms with Crippen LogP contribution in [0, 0.1) is 5.92 Å². The van der Waals surface area contributed by atoms with Gasteiger partial charge in [-0.15, -0.1) is 0 Å². The van der Waals surface area contributed by atoms with Gasteiger partial charge in [0.2, 0.25) is 0 Å². The Labute approximate surface area is 112 Å². The van der Waals surface area contributed by atoms with Gasteiger partial charge >= 0.3 is 0 Å². The number of hydrogen-bond acceptors (Lipinski definition) is 1. The summed E-state index contributed by atoms with van der Waals surface area (Å²) >= 11 is 0. The van der Waals surface area contributed by atoms with E-state index in [1.165, 1.54) is 50.0 Å². The molecule has 0 aliphatic carbocycles. The fraction of sp³-hybridized carbons (Fsp3) is 0.647. The fourth-order valence-electron chi connectivity index (χ4n) is 2.88. The Bertz CT molecular complexity index is 346. The topological polar surface area (TPSA) is 3.24 Å². The van der Waals surface area contributed by atoms with E-state index < -0.39 is 0 Å².